The first-order chi connectivity index (χ1) is 12.3. The van der Waals surface area contributed by atoms with Crippen molar-refractivity contribution in [2.24, 2.45) is 0 Å². The molecular formula is C21H21NO2S. The summed E-state index contributed by atoms with van der Waals surface area (Å²) >= 11 is 1.73. The molecule has 4 heteroatoms. The van der Waals surface area contributed by atoms with Gasteiger partial charge in [0, 0.05) is 18.0 Å². The van der Waals surface area contributed by atoms with E-state index in [1.807, 2.05) is 0 Å². The van der Waals surface area contributed by atoms with Gasteiger partial charge in [-0.05, 0) is 42.0 Å². The number of carbonyl (C=O) groups is 1. The normalized spacial score (nSPS) is 23.5. The summed E-state index contributed by atoms with van der Waals surface area (Å²) < 4.78 is 6.21. The fourth-order valence-electron chi connectivity index (χ4n) is 4.41. The van der Waals surface area contributed by atoms with E-state index in [9.17, 15) is 4.79 Å². The van der Waals surface area contributed by atoms with E-state index in [2.05, 4.69) is 53.4 Å². The Bertz CT molecular complexity index is 801. The maximum Gasteiger partial charge on any atom is 0.236 e. The SMILES string of the molecule is O=C(C1Cc2ccccc2S1)N1CCC2(CC1)OCc1ccccc12. The predicted octanol–water partition coefficient (Wildman–Crippen LogP) is 3.75. The smallest absolute Gasteiger partial charge is 0.236 e. The zero-order valence-electron chi connectivity index (χ0n) is 14.1. The highest BCUT2D eigenvalue weighted by Gasteiger charge is 2.44. The minimum atomic E-state index is -0.168. The highest BCUT2D eigenvalue weighted by atomic mass is 32.2. The quantitative estimate of drug-likeness (QED) is 0.784. The van der Waals surface area contributed by atoms with Crippen molar-refractivity contribution in [3.05, 3.63) is 65.2 Å². The minimum absolute atomic E-state index is 0.0447. The second-order valence-corrected chi connectivity index (χ2v) is 8.43. The Morgan fingerprint density at radius 1 is 1.04 bits per heavy atom. The highest BCUT2D eigenvalue weighted by molar-refractivity contribution is 8.01. The summed E-state index contributed by atoms with van der Waals surface area (Å²) in [5, 5.41) is 0.0447. The van der Waals surface area contributed by atoms with Crippen LogP contribution in [0, 0.1) is 0 Å². The van der Waals surface area contributed by atoms with E-state index in [1.165, 1.54) is 21.6 Å². The van der Waals surface area contributed by atoms with Gasteiger partial charge in [0.1, 0.15) is 0 Å². The zero-order chi connectivity index (χ0) is 16.9. The largest absolute Gasteiger partial charge is 0.365 e. The molecule has 3 nitrogen and oxygen atoms in total. The number of ether oxygens (including phenoxy) is 1. The Morgan fingerprint density at radius 2 is 1.76 bits per heavy atom. The van der Waals surface area contributed by atoms with Crippen LogP contribution in [0.4, 0.5) is 0 Å². The zero-order valence-corrected chi connectivity index (χ0v) is 14.9. The van der Waals surface area contributed by atoms with Crippen LogP contribution in [0.5, 0.6) is 0 Å². The third-order valence-electron chi connectivity index (χ3n) is 5.82. The van der Waals surface area contributed by atoms with Crippen molar-refractivity contribution in [1.29, 1.82) is 0 Å². The molecule has 1 amide bonds. The Hall–Kier alpha value is -1.78. The lowest BCUT2D eigenvalue weighted by molar-refractivity contribution is -0.137. The van der Waals surface area contributed by atoms with Crippen LogP contribution < -0.4 is 0 Å². The molecule has 0 aliphatic carbocycles. The molecule has 5 rings (SSSR count). The fraction of sp³-hybridized carbons (Fsp3) is 0.381. The number of rotatable bonds is 1. The Kier molecular flexibility index (Phi) is 3.64. The first kappa shape index (κ1) is 15.5. The summed E-state index contributed by atoms with van der Waals surface area (Å²) in [6, 6.07) is 16.9. The van der Waals surface area contributed by atoms with E-state index in [-0.39, 0.29) is 10.9 Å². The van der Waals surface area contributed by atoms with Crippen LogP contribution in [0.1, 0.15) is 29.5 Å². The van der Waals surface area contributed by atoms with E-state index in [4.69, 9.17) is 4.74 Å². The van der Waals surface area contributed by atoms with Crippen molar-refractivity contribution in [3.8, 4) is 0 Å². The van der Waals surface area contributed by atoms with Crippen LogP contribution in [-0.4, -0.2) is 29.1 Å². The first-order valence-corrected chi connectivity index (χ1v) is 9.89. The van der Waals surface area contributed by atoms with Gasteiger partial charge in [0.2, 0.25) is 5.91 Å². The molecule has 1 saturated heterocycles. The molecule has 0 N–H and O–H groups in total. The average Bonchev–Trinajstić information content (AvgIpc) is 3.25. The second kappa shape index (κ2) is 5.89. The Morgan fingerprint density at radius 3 is 2.56 bits per heavy atom. The van der Waals surface area contributed by atoms with Crippen molar-refractivity contribution < 1.29 is 9.53 Å². The number of carbonyl (C=O) groups excluding carboxylic acids is 1. The number of amides is 1. The number of fused-ring (bicyclic) bond motifs is 3. The van der Waals surface area contributed by atoms with Crippen LogP contribution in [-0.2, 0) is 28.2 Å². The summed E-state index contributed by atoms with van der Waals surface area (Å²) in [5.41, 5.74) is 3.79. The van der Waals surface area contributed by atoms with Gasteiger partial charge in [0.05, 0.1) is 17.5 Å². The number of thioether (sulfide) groups is 1. The van der Waals surface area contributed by atoms with Crippen molar-refractivity contribution in [2.75, 3.05) is 13.1 Å². The summed E-state index contributed by atoms with van der Waals surface area (Å²) in [5.74, 6) is 0.294. The molecule has 2 aromatic carbocycles. The maximum atomic E-state index is 13.0. The standard InChI is InChI=1S/C21H21NO2S/c23-20(19-13-15-5-2-4-8-18(15)25-19)22-11-9-21(10-12-22)17-7-3-1-6-16(17)14-24-21/h1-8,19H,9-14H2. The van der Waals surface area contributed by atoms with Crippen LogP contribution >= 0.6 is 11.8 Å². The van der Waals surface area contributed by atoms with Crippen molar-refractivity contribution >= 4 is 17.7 Å². The summed E-state index contributed by atoms with van der Waals surface area (Å²) in [7, 11) is 0. The summed E-state index contributed by atoms with van der Waals surface area (Å²) in [4.78, 5) is 16.3. The van der Waals surface area contributed by atoms with Gasteiger partial charge in [-0.3, -0.25) is 4.79 Å². The molecule has 2 aromatic rings. The van der Waals surface area contributed by atoms with Crippen LogP contribution in [0.25, 0.3) is 0 Å². The molecule has 0 radical (unpaired) electrons. The van der Waals surface area contributed by atoms with Crippen LogP contribution in [0.2, 0.25) is 0 Å². The molecule has 128 valence electrons. The molecule has 25 heavy (non-hydrogen) atoms. The second-order valence-electron chi connectivity index (χ2n) is 7.18. The first-order valence-electron chi connectivity index (χ1n) is 9.01. The van der Waals surface area contributed by atoms with E-state index < -0.39 is 0 Å². The molecule has 1 fully saturated rings. The van der Waals surface area contributed by atoms with E-state index in [0.29, 0.717) is 12.5 Å². The molecule has 1 spiro atoms. The number of hydrogen-bond donors (Lipinski definition) is 0. The molecule has 1 unspecified atom stereocenters. The van der Waals surface area contributed by atoms with Gasteiger partial charge in [-0.15, -0.1) is 11.8 Å². The molecule has 1 atom stereocenters. The van der Waals surface area contributed by atoms with Gasteiger partial charge in [-0.25, -0.2) is 0 Å². The fourth-order valence-corrected chi connectivity index (χ4v) is 5.69. The lowest BCUT2D eigenvalue weighted by atomic mass is 9.83. The summed E-state index contributed by atoms with van der Waals surface area (Å²) in [6.45, 7) is 2.29. The summed E-state index contributed by atoms with van der Waals surface area (Å²) in [6.07, 6.45) is 2.67. The van der Waals surface area contributed by atoms with Gasteiger partial charge >= 0.3 is 0 Å². The van der Waals surface area contributed by atoms with Crippen molar-refractivity contribution in [1.82, 2.24) is 4.90 Å². The predicted molar refractivity (Wildman–Crippen MR) is 98.5 cm³/mol. The minimum Gasteiger partial charge on any atom is -0.365 e. The third kappa shape index (κ3) is 2.51. The third-order valence-corrected chi connectivity index (χ3v) is 7.12. The monoisotopic (exact) mass is 351 g/mol. The molecule has 0 aromatic heterocycles. The van der Waals surface area contributed by atoms with Gasteiger partial charge < -0.3 is 9.64 Å². The molecule has 3 aliphatic heterocycles. The Balaban J connectivity index is 1.28. The Labute approximate surface area is 152 Å². The van der Waals surface area contributed by atoms with Gasteiger partial charge in [0.15, 0.2) is 0 Å². The van der Waals surface area contributed by atoms with Crippen molar-refractivity contribution in [2.45, 2.75) is 41.6 Å². The van der Waals surface area contributed by atoms with Gasteiger partial charge in [0.25, 0.3) is 0 Å². The van der Waals surface area contributed by atoms with Gasteiger partial charge in [-0.2, -0.15) is 0 Å². The number of nitrogens with zero attached hydrogens (tertiary/aromatic N) is 1. The van der Waals surface area contributed by atoms with Crippen molar-refractivity contribution in [3.63, 3.8) is 0 Å². The molecular weight excluding hydrogens is 330 g/mol. The molecule has 0 saturated carbocycles. The van der Waals surface area contributed by atoms with E-state index in [0.717, 1.165) is 32.4 Å². The van der Waals surface area contributed by atoms with E-state index in [1.54, 1.807) is 11.8 Å². The average molecular weight is 351 g/mol. The van der Waals surface area contributed by atoms with Crippen LogP contribution in [0.15, 0.2) is 53.4 Å². The number of piperidine rings is 1. The molecule has 3 heterocycles. The topological polar surface area (TPSA) is 29.5 Å². The highest BCUT2D eigenvalue weighted by Crippen LogP contribution is 2.45. The molecule has 0 bridgehead atoms. The number of hydrogen-bond acceptors (Lipinski definition) is 3. The maximum absolute atomic E-state index is 13.0. The van der Waals surface area contributed by atoms with E-state index >= 15 is 0 Å². The van der Waals surface area contributed by atoms with Crippen LogP contribution in [0.3, 0.4) is 0 Å². The molecule has 3 aliphatic rings. The number of likely N-dealkylation sites (tertiary alicyclic amines) is 1. The van der Waals surface area contributed by atoms with Gasteiger partial charge in [-0.1, -0.05) is 42.5 Å². The number of benzene rings is 2. The lowest BCUT2D eigenvalue weighted by Crippen LogP contribution is -2.47. The lowest BCUT2D eigenvalue weighted by Gasteiger charge is -2.40.